The van der Waals surface area contributed by atoms with Gasteiger partial charge in [-0.2, -0.15) is 0 Å². The molecule has 0 fully saturated rings. The van der Waals surface area contributed by atoms with Crippen LogP contribution < -0.4 is 20.1 Å². The number of carbonyl (C=O) groups excluding carboxylic acids is 1. The molecule has 0 unspecified atom stereocenters. The number of methoxy groups -OCH3 is 2. The maximum absolute atomic E-state index is 12.1. The van der Waals surface area contributed by atoms with Gasteiger partial charge in [0.15, 0.2) is 11.5 Å². The van der Waals surface area contributed by atoms with Crippen LogP contribution in [0.5, 0.6) is 11.5 Å². The fraction of sp³-hybridized carbons (Fsp3) is 0.235. The van der Waals surface area contributed by atoms with Crippen molar-refractivity contribution < 1.29 is 19.2 Å². The molecule has 0 heterocycles. The number of benzene rings is 2. The molecule has 0 aliphatic carbocycles. The quantitative estimate of drug-likeness (QED) is 0.591. The van der Waals surface area contributed by atoms with Crippen LogP contribution in [0.4, 0.5) is 17.1 Å². The molecule has 2 N–H and O–H groups in total. The zero-order chi connectivity index (χ0) is 18.4. The lowest BCUT2D eigenvalue weighted by atomic mass is 10.2. The van der Waals surface area contributed by atoms with Crippen molar-refractivity contribution in [1.82, 2.24) is 0 Å². The Morgan fingerprint density at radius 3 is 2.48 bits per heavy atom. The summed E-state index contributed by atoms with van der Waals surface area (Å²) in [6.45, 7) is 1.77. The van der Waals surface area contributed by atoms with Gasteiger partial charge in [-0.25, -0.2) is 0 Å². The number of nitrogens with one attached hydrogen (secondary N) is 2. The van der Waals surface area contributed by atoms with Gasteiger partial charge in [-0.3, -0.25) is 14.9 Å². The molecule has 2 rings (SSSR count). The van der Waals surface area contributed by atoms with E-state index >= 15 is 0 Å². The van der Waals surface area contributed by atoms with Crippen molar-refractivity contribution in [3.63, 3.8) is 0 Å². The number of hydrogen-bond donors (Lipinski definition) is 2. The average Bonchev–Trinajstić information content (AvgIpc) is 2.60. The first-order chi connectivity index (χ1) is 11.9. The molecule has 1 amide bonds. The molecule has 8 heteroatoms. The van der Waals surface area contributed by atoms with Crippen molar-refractivity contribution in [2.75, 3.05) is 31.4 Å². The second kappa shape index (κ2) is 8.00. The number of non-ortho nitro benzene ring substituents is 1. The molecule has 0 saturated heterocycles. The first-order valence-electron chi connectivity index (χ1n) is 7.45. The van der Waals surface area contributed by atoms with E-state index in [0.717, 1.165) is 5.56 Å². The summed E-state index contributed by atoms with van der Waals surface area (Å²) < 4.78 is 10.3. The summed E-state index contributed by atoms with van der Waals surface area (Å²) >= 11 is 0. The number of rotatable bonds is 7. The molecule has 0 atom stereocenters. The number of hydrogen-bond acceptors (Lipinski definition) is 6. The van der Waals surface area contributed by atoms with E-state index < -0.39 is 4.92 Å². The van der Waals surface area contributed by atoms with E-state index in [4.69, 9.17) is 9.47 Å². The Kier molecular flexibility index (Phi) is 5.78. The van der Waals surface area contributed by atoms with E-state index in [1.165, 1.54) is 26.4 Å². The Bertz CT molecular complexity index is 792. The Morgan fingerprint density at radius 2 is 1.84 bits per heavy atom. The van der Waals surface area contributed by atoms with Gasteiger partial charge in [0.1, 0.15) is 0 Å². The summed E-state index contributed by atoms with van der Waals surface area (Å²) in [5, 5.41) is 16.5. The molecule has 132 valence electrons. The van der Waals surface area contributed by atoms with Gasteiger partial charge in [-0.05, 0) is 24.6 Å². The molecule has 0 spiro atoms. The zero-order valence-corrected chi connectivity index (χ0v) is 14.2. The molecular weight excluding hydrogens is 326 g/mol. The topological polar surface area (TPSA) is 103 Å². The van der Waals surface area contributed by atoms with Gasteiger partial charge >= 0.3 is 0 Å². The van der Waals surface area contributed by atoms with Gasteiger partial charge in [-0.1, -0.05) is 6.07 Å². The number of carbonyl (C=O) groups is 1. The number of amides is 1. The fourth-order valence-electron chi connectivity index (χ4n) is 2.21. The first-order valence-corrected chi connectivity index (χ1v) is 7.45. The van der Waals surface area contributed by atoms with Crippen LogP contribution in [0.1, 0.15) is 5.56 Å². The highest BCUT2D eigenvalue weighted by atomic mass is 16.6. The lowest BCUT2D eigenvalue weighted by Crippen LogP contribution is -2.22. The van der Waals surface area contributed by atoms with Crippen LogP contribution in [0.3, 0.4) is 0 Å². The third kappa shape index (κ3) is 4.60. The molecule has 2 aromatic carbocycles. The predicted molar refractivity (Wildman–Crippen MR) is 94.5 cm³/mol. The summed E-state index contributed by atoms with van der Waals surface area (Å²) in [6, 6.07) is 9.48. The van der Waals surface area contributed by atoms with Crippen molar-refractivity contribution in [2.24, 2.45) is 0 Å². The summed E-state index contributed by atoms with van der Waals surface area (Å²) in [4.78, 5) is 22.4. The van der Waals surface area contributed by atoms with Gasteiger partial charge < -0.3 is 20.1 Å². The molecule has 0 aliphatic heterocycles. The smallest absolute Gasteiger partial charge is 0.271 e. The monoisotopic (exact) mass is 345 g/mol. The third-order valence-corrected chi connectivity index (χ3v) is 3.54. The van der Waals surface area contributed by atoms with Crippen molar-refractivity contribution >= 4 is 23.0 Å². The molecule has 25 heavy (non-hydrogen) atoms. The lowest BCUT2D eigenvalue weighted by Gasteiger charge is -2.12. The Balaban J connectivity index is 2.02. The largest absolute Gasteiger partial charge is 0.493 e. The van der Waals surface area contributed by atoms with E-state index in [9.17, 15) is 14.9 Å². The number of nitro groups is 1. The average molecular weight is 345 g/mol. The van der Waals surface area contributed by atoms with E-state index in [1.807, 2.05) is 0 Å². The standard InChI is InChI=1S/C17H19N3O5/c1-11-4-6-13(20(22)23)9-14(11)18-10-17(21)19-12-5-7-15(24-2)16(8-12)25-3/h4-9,18H,10H2,1-3H3,(H,19,21). The van der Waals surface area contributed by atoms with Gasteiger partial charge in [0.2, 0.25) is 5.91 Å². The van der Waals surface area contributed by atoms with Gasteiger partial charge in [0.05, 0.1) is 25.7 Å². The van der Waals surface area contributed by atoms with Crippen molar-refractivity contribution in [1.29, 1.82) is 0 Å². The lowest BCUT2D eigenvalue weighted by molar-refractivity contribution is -0.384. The minimum Gasteiger partial charge on any atom is -0.493 e. The number of anilines is 2. The second-order valence-corrected chi connectivity index (χ2v) is 5.23. The highest BCUT2D eigenvalue weighted by Gasteiger charge is 2.11. The Morgan fingerprint density at radius 1 is 1.12 bits per heavy atom. The van der Waals surface area contributed by atoms with Crippen molar-refractivity contribution in [3.8, 4) is 11.5 Å². The van der Waals surface area contributed by atoms with Crippen molar-refractivity contribution in [3.05, 3.63) is 52.1 Å². The van der Waals surface area contributed by atoms with Crippen LogP contribution in [0.25, 0.3) is 0 Å². The minimum atomic E-state index is -0.478. The van der Waals surface area contributed by atoms with Crippen LogP contribution in [0.2, 0.25) is 0 Å². The SMILES string of the molecule is COc1ccc(NC(=O)CNc2cc([N+](=O)[O-])ccc2C)cc1OC. The highest BCUT2D eigenvalue weighted by Crippen LogP contribution is 2.29. The fourth-order valence-corrected chi connectivity index (χ4v) is 2.21. The Hall–Kier alpha value is -3.29. The van der Waals surface area contributed by atoms with E-state index in [0.29, 0.717) is 22.9 Å². The second-order valence-electron chi connectivity index (χ2n) is 5.23. The van der Waals surface area contributed by atoms with Gasteiger partial charge in [0.25, 0.3) is 5.69 Å². The normalized spacial score (nSPS) is 10.0. The number of nitrogens with zero attached hydrogens (tertiary/aromatic N) is 1. The van der Waals surface area contributed by atoms with Gasteiger partial charge in [-0.15, -0.1) is 0 Å². The number of aryl methyl sites for hydroxylation is 1. The van der Waals surface area contributed by atoms with Crippen LogP contribution >= 0.6 is 0 Å². The predicted octanol–water partition coefficient (Wildman–Crippen LogP) is 2.97. The van der Waals surface area contributed by atoms with E-state index in [-0.39, 0.29) is 18.1 Å². The molecule has 0 bridgehead atoms. The summed E-state index contributed by atoms with van der Waals surface area (Å²) in [6.07, 6.45) is 0. The molecular formula is C17H19N3O5. The summed E-state index contributed by atoms with van der Waals surface area (Å²) in [7, 11) is 3.04. The molecule has 2 aromatic rings. The van der Waals surface area contributed by atoms with Crippen LogP contribution in [0, 0.1) is 17.0 Å². The molecule has 8 nitrogen and oxygen atoms in total. The maximum Gasteiger partial charge on any atom is 0.271 e. The molecule has 0 saturated carbocycles. The van der Waals surface area contributed by atoms with Crippen LogP contribution in [0.15, 0.2) is 36.4 Å². The van der Waals surface area contributed by atoms with Crippen molar-refractivity contribution in [2.45, 2.75) is 6.92 Å². The van der Waals surface area contributed by atoms with E-state index in [2.05, 4.69) is 10.6 Å². The number of ether oxygens (including phenoxy) is 2. The Labute approximate surface area is 144 Å². The van der Waals surface area contributed by atoms with E-state index in [1.54, 1.807) is 31.2 Å². The highest BCUT2D eigenvalue weighted by molar-refractivity contribution is 5.94. The maximum atomic E-state index is 12.1. The summed E-state index contributed by atoms with van der Waals surface area (Å²) in [5.41, 5.74) is 1.87. The minimum absolute atomic E-state index is 0.0314. The van der Waals surface area contributed by atoms with Crippen LogP contribution in [-0.2, 0) is 4.79 Å². The zero-order valence-electron chi connectivity index (χ0n) is 14.2. The third-order valence-electron chi connectivity index (χ3n) is 3.54. The first kappa shape index (κ1) is 18.1. The summed E-state index contributed by atoms with van der Waals surface area (Å²) in [5.74, 6) is 0.770. The van der Waals surface area contributed by atoms with Gasteiger partial charge in [0, 0.05) is 29.6 Å². The van der Waals surface area contributed by atoms with Crippen LogP contribution in [-0.4, -0.2) is 31.6 Å². The molecule has 0 aliphatic rings. The number of nitro benzene ring substituents is 1. The molecule has 0 radical (unpaired) electrons. The molecule has 0 aromatic heterocycles.